The average molecular weight is 472 g/mol. The van der Waals surface area contributed by atoms with E-state index in [1.807, 2.05) is 12.1 Å². The lowest BCUT2D eigenvalue weighted by Gasteiger charge is -2.26. The maximum absolute atomic E-state index is 13.5. The molecule has 0 unspecified atom stereocenters. The van der Waals surface area contributed by atoms with Gasteiger partial charge in [0.25, 0.3) is 5.91 Å². The van der Waals surface area contributed by atoms with Crippen LogP contribution in [0.3, 0.4) is 0 Å². The molecular formula is C24H29N3O3S2. The van der Waals surface area contributed by atoms with E-state index in [0.29, 0.717) is 41.8 Å². The van der Waals surface area contributed by atoms with Crippen LogP contribution in [0.5, 0.6) is 0 Å². The van der Waals surface area contributed by atoms with Gasteiger partial charge in [-0.3, -0.25) is 4.79 Å². The first-order valence-electron chi connectivity index (χ1n) is 11.6. The lowest BCUT2D eigenvalue weighted by atomic mass is 10.1. The molecule has 32 heavy (non-hydrogen) atoms. The number of sulfonamides is 1. The maximum atomic E-state index is 13.5. The molecule has 3 aliphatic rings. The van der Waals surface area contributed by atoms with Crippen molar-refractivity contribution in [1.29, 1.82) is 0 Å². The van der Waals surface area contributed by atoms with Crippen LogP contribution in [0.25, 0.3) is 0 Å². The molecule has 1 saturated carbocycles. The molecule has 1 aromatic heterocycles. The lowest BCUT2D eigenvalue weighted by Crippen LogP contribution is -2.35. The summed E-state index contributed by atoms with van der Waals surface area (Å²) >= 11 is 1.72. The van der Waals surface area contributed by atoms with Gasteiger partial charge in [-0.1, -0.05) is 19.3 Å². The first kappa shape index (κ1) is 21.9. The van der Waals surface area contributed by atoms with Crippen LogP contribution in [0, 0.1) is 0 Å². The number of hydrogen-bond acceptors (Lipinski definition) is 5. The number of rotatable bonds is 5. The maximum Gasteiger partial charge on any atom is 0.261 e. The summed E-state index contributed by atoms with van der Waals surface area (Å²) in [5, 5.41) is 1.34. The van der Waals surface area contributed by atoms with Gasteiger partial charge in [0.05, 0.1) is 10.5 Å². The molecule has 1 aromatic carbocycles. The van der Waals surface area contributed by atoms with Crippen molar-refractivity contribution < 1.29 is 13.2 Å². The number of aromatic nitrogens is 1. The monoisotopic (exact) mass is 471 g/mol. The second kappa shape index (κ2) is 9.15. The smallest absolute Gasteiger partial charge is 0.261 e. The standard InChI is InChI=1S/C24H29N3O3S2/c28-24(21-9-6-13-25-23(21)31-19-7-2-3-8-19)27-16-12-18-17-20(10-11-22(18)27)32(29,30)26-14-4-1-5-15-26/h6,9-11,13,17,19H,1-5,7-8,12,14-16H2. The van der Waals surface area contributed by atoms with Crippen molar-refractivity contribution in [3.8, 4) is 0 Å². The second-order valence-electron chi connectivity index (χ2n) is 8.84. The molecule has 2 aromatic rings. The third kappa shape index (κ3) is 4.20. The first-order chi connectivity index (χ1) is 15.5. The van der Waals surface area contributed by atoms with Crippen molar-refractivity contribution in [3.05, 3.63) is 47.7 Å². The fraction of sp³-hybridized carbons (Fsp3) is 0.500. The topological polar surface area (TPSA) is 70.6 Å². The molecule has 0 atom stereocenters. The molecular weight excluding hydrogens is 442 g/mol. The lowest BCUT2D eigenvalue weighted by molar-refractivity contribution is 0.0986. The zero-order chi connectivity index (χ0) is 22.1. The zero-order valence-electron chi connectivity index (χ0n) is 18.2. The number of carbonyl (C=O) groups is 1. The van der Waals surface area contributed by atoms with Crippen molar-refractivity contribution in [2.24, 2.45) is 0 Å². The number of hydrogen-bond donors (Lipinski definition) is 0. The Kier molecular flexibility index (Phi) is 6.27. The first-order valence-corrected chi connectivity index (χ1v) is 13.9. The molecule has 0 N–H and O–H groups in total. The molecule has 0 bridgehead atoms. The van der Waals surface area contributed by atoms with E-state index >= 15 is 0 Å². The normalized spacial score (nSPS) is 19.9. The highest BCUT2D eigenvalue weighted by atomic mass is 32.2. The zero-order valence-corrected chi connectivity index (χ0v) is 19.8. The predicted octanol–water partition coefficient (Wildman–Crippen LogP) is 4.49. The van der Waals surface area contributed by atoms with Gasteiger partial charge < -0.3 is 4.90 Å². The summed E-state index contributed by atoms with van der Waals surface area (Å²) in [6, 6.07) is 8.91. The van der Waals surface area contributed by atoms with Crippen LogP contribution in [-0.4, -0.2) is 48.5 Å². The largest absolute Gasteiger partial charge is 0.308 e. The van der Waals surface area contributed by atoms with E-state index in [4.69, 9.17) is 0 Å². The third-order valence-corrected chi connectivity index (χ3v) is 9.97. The third-order valence-electron chi connectivity index (χ3n) is 6.73. The molecule has 2 fully saturated rings. The fourth-order valence-electron chi connectivity index (χ4n) is 4.96. The number of fused-ring (bicyclic) bond motifs is 1. The Bertz CT molecular complexity index is 1110. The predicted molar refractivity (Wildman–Crippen MR) is 127 cm³/mol. The Hall–Kier alpha value is -1.90. The van der Waals surface area contributed by atoms with Gasteiger partial charge in [-0.25, -0.2) is 13.4 Å². The molecule has 1 aliphatic carbocycles. The highest BCUT2D eigenvalue weighted by molar-refractivity contribution is 8.00. The van der Waals surface area contributed by atoms with Crippen molar-refractivity contribution in [1.82, 2.24) is 9.29 Å². The van der Waals surface area contributed by atoms with Crippen LogP contribution < -0.4 is 4.90 Å². The van der Waals surface area contributed by atoms with Crippen molar-refractivity contribution in [3.63, 3.8) is 0 Å². The van der Waals surface area contributed by atoms with Crippen molar-refractivity contribution in [2.45, 2.75) is 66.5 Å². The molecule has 6 nitrogen and oxygen atoms in total. The summed E-state index contributed by atoms with van der Waals surface area (Å²) in [5.41, 5.74) is 2.38. The minimum Gasteiger partial charge on any atom is -0.308 e. The van der Waals surface area contributed by atoms with Crippen LogP contribution in [0.1, 0.15) is 60.9 Å². The van der Waals surface area contributed by atoms with E-state index in [2.05, 4.69) is 4.98 Å². The Labute approximate surface area is 194 Å². The molecule has 1 saturated heterocycles. The van der Waals surface area contributed by atoms with E-state index in [1.54, 1.807) is 45.4 Å². The number of thioether (sulfide) groups is 1. The number of nitrogens with zero attached hydrogens (tertiary/aromatic N) is 3. The molecule has 170 valence electrons. The van der Waals surface area contributed by atoms with Gasteiger partial charge in [-0.15, -0.1) is 11.8 Å². The summed E-state index contributed by atoms with van der Waals surface area (Å²) in [4.78, 5) is 20.1. The molecule has 5 rings (SSSR count). The molecule has 8 heteroatoms. The van der Waals surface area contributed by atoms with Gasteiger partial charge in [0.15, 0.2) is 0 Å². The van der Waals surface area contributed by atoms with Gasteiger partial charge in [-0.05, 0) is 68.0 Å². The van der Waals surface area contributed by atoms with Gasteiger partial charge in [0.1, 0.15) is 5.03 Å². The minimum absolute atomic E-state index is 0.0519. The Morgan fingerprint density at radius 1 is 1.00 bits per heavy atom. The average Bonchev–Trinajstić information content (AvgIpc) is 3.49. The summed E-state index contributed by atoms with van der Waals surface area (Å²) in [6.45, 7) is 1.74. The van der Waals surface area contributed by atoms with Crippen LogP contribution >= 0.6 is 11.8 Å². The molecule has 2 aliphatic heterocycles. The Balaban J connectivity index is 1.39. The van der Waals surface area contributed by atoms with Gasteiger partial charge in [-0.2, -0.15) is 4.31 Å². The van der Waals surface area contributed by atoms with Crippen molar-refractivity contribution in [2.75, 3.05) is 24.5 Å². The van der Waals surface area contributed by atoms with Crippen LogP contribution in [0.15, 0.2) is 46.5 Å². The summed E-state index contributed by atoms with van der Waals surface area (Å²) < 4.78 is 27.7. The number of amides is 1. The summed E-state index contributed by atoms with van der Waals surface area (Å²) in [7, 11) is -3.48. The second-order valence-corrected chi connectivity index (χ2v) is 12.1. The number of benzene rings is 1. The highest BCUT2D eigenvalue weighted by Crippen LogP contribution is 2.37. The summed E-state index contributed by atoms with van der Waals surface area (Å²) in [5.74, 6) is -0.0519. The van der Waals surface area contributed by atoms with E-state index in [0.717, 1.165) is 35.5 Å². The van der Waals surface area contributed by atoms with Crippen LogP contribution in [-0.2, 0) is 16.4 Å². The van der Waals surface area contributed by atoms with Gasteiger partial charge in [0.2, 0.25) is 10.0 Å². The number of piperidine rings is 1. The molecule has 0 spiro atoms. The SMILES string of the molecule is O=C(c1cccnc1SC1CCCC1)N1CCc2cc(S(=O)(=O)N3CCCCC3)ccc21. The Morgan fingerprint density at radius 3 is 2.56 bits per heavy atom. The van der Waals surface area contributed by atoms with Crippen molar-refractivity contribution >= 4 is 33.4 Å². The van der Waals surface area contributed by atoms with Gasteiger partial charge >= 0.3 is 0 Å². The van der Waals surface area contributed by atoms with E-state index in [1.165, 1.54) is 25.7 Å². The minimum atomic E-state index is -3.48. The fourth-order valence-corrected chi connectivity index (χ4v) is 7.82. The van der Waals surface area contributed by atoms with E-state index in [9.17, 15) is 13.2 Å². The van der Waals surface area contributed by atoms with Gasteiger partial charge in [0, 0.05) is 36.8 Å². The quantitative estimate of drug-likeness (QED) is 0.642. The number of pyridine rings is 1. The molecule has 0 radical (unpaired) electrons. The Morgan fingerprint density at radius 2 is 1.78 bits per heavy atom. The molecule has 1 amide bonds. The summed E-state index contributed by atoms with van der Waals surface area (Å²) in [6.07, 6.45) is 10.2. The van der Waals surface area contributed by atoms with Crippen LogP contribution in [0.2, 0.25) is 0 Å². The number of carbonyl (C=O) groups excluding carboxylic acids is 1. The van der Waals surface area contributed by atoms with E-state index < -0.39 is 10.0 Å². The number of anilines is 1. The van der Waals surface area contributed by atoms with E-state index in [-0.39, 0.29) is 5.91 Å². The van der Waals surface area contributed by atoms with Crippen LogP contribution in [0.4, 0.5) is 5.69 Å². The highest BCUT2D eigenvalue weighted by Gasteiger charge is 2.31. The molecule has 3 heterocycles.